The summed E-state index contributed by atoms with van der Waals surface area (Å²) in [4.78, 5) is 24.8. The summed E-state index contributed by atoms with van der Waals surface area (Å²) in [7, 11) is -4.25. The molecule has 0 saturated carbocycles. The van der Waals surface area contributed by atoms with Crippen molar-refractivity contribution in [2.45, 2.75) is 11.4 Å². The van der Waals surface area contributed by atoms with E-state index in [2.05, 4.69) is 10.6 Å². The minimum absolute atomic E-state index is 0.0356. The van der Waals surface area contributed by atoms with Gasteiger partial charge in [-0.1, -0.05) is 12.1 Å². The molecule has 32 heavy (non-hydrogen) atoms. The van der Waals surface area contributed by atoms with Crippen LogP contribution in [0.4, 0.5) is 18.0 Å². The van der Waals surface area contributed by atoms with Crippen molar-refractivity contribution < 1.29 is 31.2 Å². The first-order chi connectivity index (χ1) is 15.2. The molecule has 2 aromatic carbocycles. The van der Waals surface area contributed by atoms with Crippen molar-refractivity contribution in [1.82, 2.24) is 19.8 Å². The maximum Gasteiger partial charge on any atom is 0.315 e. The Balaban J connectivity index is 1.46. The van der Waals surface area contributed by atoms with Crippen molar-refractivity contribution in [3.8, 4) is 0 Å². The summed E-state index contributed by atoms with van der Waals surface area (Å²) in [5.74, 6) is -2.74. The largest absolute Gasteiger partial charge is 0.339 e. The molecule has 1 aliphatic heterocycles. The molecule has 3 rings (SSSR count). The molecule has 8 nitrogen and oxygen atoms in total. The van der Waals surface area contributed by atoms with Gasteiger partial charge in [0.15, 0.2) is 0 Å². The van der Waals surface area contributed by atoms with Crippen molar-refractivity contribution in [3.05, 3.63) is 65.5 Å². The van der Waals surface area contributed by atoms with Crippen LogP contribution in [0.2, 0.25) is 0 Å². The summed E-state index contributed by atoms with van der Waals surface area (Å²) >= 11 is 0. The number of piperazine rings is 1. The van der Waals surface area contributed by atoms with Gasteiger partial charge in [0.1, 0.15) is 22.3 Å². The Labute approximate surface area is 183 Å². The highest BCUT2D eigenvalue weighted by Crippen LogP contribution is 2.21. The third kappa shape index (κ3) is 5.77. The van der Waals surface area contributed by atoms with Gasteiger partial charge < -0.3 is 15.5 Å². The summed E-state index contributed by atoms with van der Waals surface area (Å²) in [6.07, 6.45) is 0. The molecule has 12 heteroatoms. The first-order valence-electron chi connectivity index (χ1n) is 9.66. The Morgan fingerprint density at radius 3 is 2.16 bits per heavy atom. The van der Waals surface area contributed by atoms with Gasteiger partial charge in [-0.25, -0.2) is 26.4 Å². The number of benzene rings is 2. The summed E-state index contributed by atoms with van der Waals surface area (Å²) in [6, 6.07) is 7.17. The molecule has 1 fully saturated rings. The third-order valence-electron chi connectivity index (χ3n) is 4.87. The number of nitrogens with one attached hydrogen (secondary N) is 2. The molecule has 2 aromatic rings. The minimum atomic E-state index is -4.25. The molecule has 1 aliphatic rings. The van der Waals surface area contributed by atoms with E-state index in [0.29, 0.717) is 11.6 Å². The van der Waals surface area contributed by atoms with Crippen LogP contribution < -0.4 is 10.6 Å². The van der Waals surface area contributed by atoms with E-state index in [4.69, 9.17) is 0 Å². The molecule has 0 radical (unpaired) electrons. The Kier molecular flexibility index (Phi) is 7.36. The number of carbonyl (C=O) groups is 2. The molecule has 0 spiro atoms. The number of nitrogens with zero attached hydrogens (tertiary/aromatic N) is 2. The second-order valence-electron chi connectivity index (χ2n) is 7.02. The second-order valence-corrected chi connectivity index (χ2v) is 8.93. The average Bonchev–Trinajstić information content (AvgIpc) is 2.78. The molecular weight excluding hydrogens is 449 g/mol. The van der Waals surface area contributed by atoms with E-state index >= 15 is 0 Å². The van der Waals surface area contributed by atoms with E-state index in [1.54, 1.807) is 0 Å². The summed E-state index contributed by atoms with van der Waals surface area (Å²) in [6.45, 7) is -0.280. The minimum Gasteiger partial charge on any atom is -0.339 e. The normalized spacial score (nSPS) is 14.8. The van der Waals surface area contributed by atoms with Gasteiger partial charge in [-0.15, -0.1) is 0 Å². The third-order valence-corrected chi connectivity index (χ3v) is 6.78. The van der Waals surface area contributed by atoms with Gasteiger partial charge in [-0.3, -0.25) is 4.79 Å². The highest BCUT2D eigenvalue weighted by atomic mass is 32.2. The van der Waals surface area contributed by atoms with E-state index in [-0.39, 0.29) is 39.3 Å². The molecule has 172 valence electrons. The monoisotopic (exact) mass is 470 g/mol. The fraction of sp³-hybridized carbons (Fsp3) is 0.300. The fourth-order valence-electron chi connectivity index (χ4n) is 3.11. The Hall–Kier alpha value is -3.12. The van der Waals surface area contributed by atoms with Crippen LogP contribution >= 0.6 is 0 Å². The first kappa shape index (κ1) is 23.5. The van der Waals surface area contributed by atoms with Crippen LogP contribution in [0.15, 0.2) is 47.4 Å². The lowest BCUT2D eigenvalue weighted by Gasteiger charge is -2.34. The molecule has 0 bridgehead atoms. The molecule has 1 heterocycles. The van der Waals surface area contributed by atoms with Crippen molar-refractivity contribution in [1.29, 1.82) is 0 Å². The van der Waals surface area contributed by atoms with Gasteiger partial charge in [-0.05, 0) is 35.9 Å². The lowest BCUT2D eigenvalue weighted by Crippen LogP contribution is -2.53. The quantitative estimate of drug-likeness (QED) is 0.668. The standard InChI is InChI=1S/C20H21F3N4O4S/c21-15-3-1-14(2-4-15)12-24-20(29)25-13-19(28)26-7-9-27(10-8-26)32(30,31)18-11-16(22)5-6-17(18)23/h1-6,11H,7-10,12-13H2,(H2,24,25,29). The Morgan fingerprint density at radius 2 is 1.50 bits per heavy atom. The number of hydrogen-bond acceptors (Lipinski definition) is 4. The number of halogens is 3. The maximum absolute atomic E-state index is 13.9. The van der Waals surface area contributed by atoms with Gasteiger partial charge in [0.25, 0.3) is 0 Å². The molecule has 0 aromatic heterocycles. The molecule has 1 saturated heterocycles. The van der Waals surface area contributed by atoms with E-state index in [0.717, 1.165) is 16.4 Å². The van der Waals surface area contributed by atoms with E-state index in [1.165, 1.54) is 29.2 Å². The van der Waals surface area contributed by atoms with Gasteiger partial charge >= 0.3 is 6.03 Å². The van der Waals surface area contributed by atoms with Gasteiger partial charge in [-0.2, -0.15) is 4.31 Å². The SMILES string of the molecule is O=C(NCC(=O)N1CCN(S(=O)(=O)c2cc(F)ccc2F)CC1)NCc1ccc(F)cc1. The van der Waals surface area contributed by atoms with Crippen LogP contribution in [0.25, 0.3) is 0 Å². The number of hydrogen-bond donors (Lipinski definition) is 2. The highest BCUT2D eigenvalue weighted by molar-refractivity contribution is 7.89. The molecular formula is C20H21F3N4O4S. The topological polar surface area (TPSA) is 98.8 Å². The van der Waals surface area contributed by atoms with Gasteiger partial charge in [0.2, 0.25) is 15.9 Å². The van der Waals surface area contributed by atoms with Crippen molar-refractivity contribution in [2.24, 2.45) is 0 Å². The molecule has 0 unspecified atom stereocenters. The predicted molar refractivity (Wildman–Crippen MR) is 108 cm³/mol. The molecule has 2 N–H and O–H groups in total. The zero-order valence-corrected chi connectivity index (χ0v) is 17.7. The summed E-state index contributed by atoms with van der Waals surface area (Å²) < 4.78 is 66.3. The van der Waals surface area contributed by atoms with Gasteiger partial charge in [0, 0.05) is 32.7 Å². The molecule has 0 aliphatic carbocycles. The summed E-state index contributed by atoms with van der Waals surface area (Å²) in [5, 5.41) is 4.94. The van der Waals surface area contributed by atoms with Crippen molar-refractivity contribution in [3.63, 3.8) is 0 Å². The number of rotatable bonds is 6. The van der Waals surface area contributed by atoms with Crippen LogP contribution in [0.5, 0.6) is 0 Å². The predicted octanol–water partition coefficient (Wildman–Crippen LogP) is 1.44. The van der Waals surface area contributed by atoms with Crippen LogP contribution in [-0.2, 0) is 21.4 Å². The Morgan fingerprint density at radius 1 is 0.875 bits per heavy atom. The highest BCUT2D eigenvalue weighted by Gasteiger charge is 2.32. The number of sulfonamides is 1. The zero-order chi connectivity index (χ0) is 23.3. The second kappa shape index (κ2) is 10.0. The van der Waals surface area contributed by atoms with E-state index < -0.39 is 44.3 Å². The number of amides is 3. The number of carbonyl (C=O) groups excluding carboxylic acids is 2. The Bertz CT molecular complexity index is 1090. The fourth-order valence-corrected chi connectivity index (χ4v) is 4.60. The number of urea groups is 1. The van der Waals surface area contributed by atoms with Crippen LogP contribution in [0.1, 0.15) is 5.56 Å². The average molecular weight is 470 g/mol. The first-order valence-corrected chi connectivity index (χ1v) is 11.1. The summed E-state index contributed by atoms with van der Waals surface area (Å²) in [5.41, 5.74) is 0.681. The van der Waals surface area contributed by atoms with Crippen molar-refractivity contribution in [2.75, 3.05) is 32.7 Å². The molecule has 0 atom stereocenters. The smallest absolute Gasteiger partial charge is 0.315 e. The van der Waals surface area contributed by atoms with Crippen LogP contribution in [-0.4, -0.2) is 62.3 Å². The zero-order valence-electron chi connectivity index (χ0n) is 16.9. The van der Waals surface area contributed by atoms with Crippen LogP contribution in [0.3, 0.4) is 0 Å². The molecule has 3 amide bonds. The van der Waals surface area contributed by atoms with Crippen LogP contribution in [0, 0.1) is 17.5 Å². The maximum atomic E-state index is 13.9. The van der Waals surface area contributed by atoms with Gasteiger partial charge in [0.05, 0.1) is 6.54 Å². The lowest BCUT2D eigenvalue weighted by molar-refractivity contribution is -0.131. The lowest BCUT2D eigenvalue weighted by atomic mass is 10.2. The van der Waals surface area contributed by atoms with E-state index in [1.807, 2.05) is 0 Å². The van der Waals surface area contributed by atoms with E-state index in [9.17, 15) is 31.2 Å². The van der Waals surface area contributed by atoms with Crippen molar-refractivity contribution >= 4 is 22.0 Å².